The van der Waals surface area contributed by atoms with Gasteiger partial charge in [0, 0.05) is 21.5 Å². The highest BCUT2D eigenvalue weighted by Crippen LogP contribution is 2.29. The molecule has 0 aromatic heterocycles. The maximum atomic E-state index is 12.4. The quantitative estimate of drug-likeness (QED) is 0.726. The Hall–Kier alpha value is -1.52. The van der Waals surface area contributed by atoms with E-state index in [4.69, 9.17) is 21.1 Å². The lowest BCUT2D eigenvalue weighted by Crippen LogP contribution is -2.05. The van der Waals surface area contributed by atoms with E-state index in [9.17, 15) is 4.79 Å². The highest BCUT2D eigenvalue weighted by molar-refractivity contribution is 9.10. The van der Waals surface area contributed by atoms with Crippen LogP contribution in [0.15, 0.2) is 40.9 Å². The zero-order valence-corrected chi connectivity index (χ0v) is 14.0. The standard InChI is InChI=1S/C16H14BrClO3/c1-20-15-6-3-10(8-16(15)21-2)7-14(19)12-5-4-11(18)9-13(12)17/h3-6,8-9H,7H2,1-2H3. The highest BCUT2D eigenvalue weighted by atomic mass is 79.9. The van der Waals surface area contributed by atoms with Gasteiger partial charge in [-0.1, -0.05) is 17.7 Å². The molecular weight excluding hydrogens is 356 g/mol. The van der Waals surface area contributed by atoms with Crippen LogP contribution >= 0.6 is 27.5 Å². The molecule has 3 nitrogen and oxygen atoms in total. The van der Waals surface area contributed by atoms with Crippen LogP contribution < -0.4 is 9.47 Å². The average molecular weight is 370 g/mol. The molecule has 0 amide bonds. The van der Waals surface area contributed by atoms with E-state index >= 15 is 0 Å². The predicted octanol–water partition coefficient (Wildman–Crippen LogP) is 4.55. The number of methoxy groups -OCH3 is 2. The summed E-state index contributed by atoms with van der Waals surface area (Å²) in [5, 5.41) is 0.588. The number of Topliss-reactive ketones (excluding diaryl/α,β-unsaturated/α-hetero) is 1. The third kappa shape index (κ3) is 3.77. The van der Waals surface area contributed by atoms with Gasteiger partial charge in [0.05, 0.1) is 14.2 Å². The molecule has 21 heavy (non-hydrogen) atoms. The Labute approximate surface area is 137 Å². The molecule has 0 unspecified atom stereocenters. The van der Waals surface area contributed by atoms with E-state index in [-0.39, 0.29) is 12.2 Å². The van der Waals surface area contributed by atoms with E-state index in [0.29, 0.717) is 26.6 Å². The first kappa shape index (κ1) is 15.9. The lowest BCUT2D eigenvalue weighted by molar-refractivity contribution is 0.0992. The predicted molar refractivity (Wildman–Crippen MR) is 86.7 cm³/mol. The van der Waals surface area contributed by atoms with Gasteiger partial charge in [-0.05, 0) is 51.8 Å². The topological polar surface area (TPSA) is 35.5 Å². The molecule has 0 N–H and O–H groups in total. The van der Waals surface area contributed by atoms with Gasteiger partial charge in [0.1, 0.15) is 0 Å². The van der Waals surface area contributed by atoms with Gasteiger partial charge in [0.2, 0.25) is 0 Å². The van der Waals surface area contributed by atoms with Gasteiger partial charge in [-0.25, -0.2) is 0 Å². The number of hydrogen-bond acceptors (Lipinski definition) is 3. The fourth-order valence-electron chi connectivity index (χ4n) is 1.99. The second-order valence-electron chi connectivity index (χ2n) is 4.41. The number of halogens is 2. The van der Waals surface area contributed by atoms with Crippen molar-refractivity contribution < 1.29 is 14.3 Å². The molecular formula is C16H14BrClO3. The Bertz CT molecular complexity index is 671. The molecule has 110 valence electrons. The fourth-order valence-corrected chi connectivity index (χ4v) is 2.89. The molecule has 0 saturated heterocycles. The molecule has 2 aromatic carbocycles. The van der Waals surface area contributed by atoms with Crippen molar-refractivity contribution in [2.24, 2.45) is 0 Å². The van der Waals surface area contributed by atoms with Crippen molar-refractivity contribution in [2.75, 3.05) is 14.2 Å². The third-order valence-electron chi connectivity index (χ3n) is 3.04. The summed E-state index contributed by atoms with van der Waals surface area (Å²) in [6.45, 7) is 0. The molecule has 2 aromatic rings. The van der Waals surface area contributed by atoms with Crippen LogP contribution in [0.1, 0.15) is 15.9 Å². The third-order valence-corrected chi connectivity index (χ3v) is 3.94. The Balaban J connectivity index is 2.23. The smallest absolute Gasteiger partial charge is 0.168 e. The zero-order valence-electron chi connectivity index (χ0n) is 11.7. The molecule has 2 rings (SSSR count). The van der Waals surface area contributed by atoms with Crippen LogP contribution in [-0.2, 0) is 6.42 Å². The van der Waals surface area contributed by atoms with Gasteiger partial charge in [-0.3, -0.25) is 4.79 Å². The van der Waals surface area contributed by atoms with E-state index in [1.165, 1.54) is 0 Å². The molecule has 0 spiro atoms. The molecule has 0 aliphatic carbocycles. The lowest BCUT2D eigenvalue weighted by Gasteiger charge is -2.10. The van der Waals surface area contributed by atoms with E-state index < -0.39 is 0 Å². The monoisotopic (exact) mass is 368 g/mol. The van der Waals surface area contributed by atoms with E-state index in [1.54, 1.807) is 44.6 Å². The van der Waals surface area contributed by atoms with Gasteiger partial charge in [0.25, 0.3) is 0 Å². The summed E-state index contributed by atoms with van der Waals surface area (Å²) in [4.78, 5) is 12.4. The number of hydrogen-bond donors (Lipinski definition) is 0. The van der Waals surface area contributed by atoms with E-state index in [1.807, 2.05) is 6.07 Å². The highest BCUT2D eigenvalue weighted by Gasteiger charge is 2.13. The number of benzene rings is 2. The Morgan fingerprint density at radius 2 is 1.81 bits per heavy atom. The molecule has 0 radical (unpaired) electrons. The van der Waals surface area contributed by atoms with Crippen molar-refractivity contribution in [3.05, 3.63) is 57.0 Å². The number of ether oxygens (including phenoxy) is 2. The lowest BCUT2D eigenvalue weighted by atomic mass is 10.0. The van der Waals surface area contributed by atoms with Crippen molar-refractivity contribution in [3.8, 4) is 11.5 Å². The SMILES string of the molecule is COc1ccc(CC(=O)c2ccc(Cl)cc2Br)cc1OC. The van der Waals surface area contributed by atoms with Crippen molar-refractivity contribution in [1.29, 1.82) is 0 Å². The number of carbonyl (C=O) groups is 1. The van der Waals surface area contributed by atoms with Gasteiger partial charge >= 0.3 is 0 Å². The van der Waals surface area contributed by atoms with Crippen LogP contribution in [0.25, 0.3) is 0 Å². The molecule has 5 heteroatoms. The summed E-state index contributed by atoms with van der Waals surface area (Å²) < 4.78 is 11.1. The molecule has 0 aliphatic heterocycles. The van der Waals surface area contributed by atoms with Crippen LogP contribution in [0.4, 0.5) is 0 Å². The minimum Gasteiger partial charge on any atom is -0.493 e. The first-order chi connectivity index (χ1) is 10.0. The van der Waals surface area contributed by atoms with Gasteiger partial charge in [-0.2, -0.15) is 0 Å². The second kappa shape index (κ2) is 6.96. The summed E-state index contributed by atoms with van der Waals surface area (Å²) >= 11 is 9.25. The molecule has 0 aliphatic rings. The Kier molecular flexibility index (Phi) is 5.26. The largest absolute Gasteiger partial charge is 0.493 e. The van der Waals surface area contributed by atoms with Gasteiger partial charge in [-0.15, -0.1) is 0 Å². The maximum absolute atomic E-state index is 12.4. The summed E-state index contributed by atoms with van der Waals surface area (Å²) in [5.74, 6) is 1.25. The second-order valence-corrected chi connectivity index (χ2v) is 5.70. The van der Waals surface area contributed by atoms with Crippen molar-refractivity contribution in [1.82, 2.24) is 0 Å². The minimum absolute atomic E-state index is 0.00533. The minimum atomic E-state index is 0.00533. The average Bonchev–Trinajstić information content (AvgIpc) is 2.46. The van der Waals surface area contributed by atoms with Crippen LogP contribution in [0.2, 0.25) is 5.02 Å². The van der Waals surface area contributed by atoms with E-state index in [2.05, 4.69) is 15.9 Å². The van der Waals surface area contributed by atoms with Crippen molar-refractivity contribution in [2.45, 2.75) is 6.42 Å². The van der Waals surface area contributed by atoms with Crippen LogP contribution in [0, 0.1) is 0 Å². The van der Waals surface area contributed by atoms with Crippen LogP contribution in [-0.4, -0.2) is 20.0 Å². The number of ketones is 1. The summed E-state index contributed by atoms with van der Waals surface area (Å²) in [6.07, 6.45) is 0.278. The molecule has 0 heterocycles. The number of carbonyl (C=O) groups excluding carboxylic acids is 1. The first-order valence-electron chi connectivity index (χ1n) is 6.24. The van der Waals surface area contributed by atoms with E-state index in [0.717, 1.165) is 5.56 Å². The molecule has 0 fully saturated rings. The molecule has 0 atom stereocenters. The van der Waals surface area contributed by atoms with Crippen LogP contribution in [0.5, 0.6) is 11.5 Å². The van der Waals surface area contributed by atoms with Gasteiger partial charge < -0.3 is 9.47 Å². The Morgan fingerprint density at radius 3 is 2.43 bits per heavy atom. The van der Waals surface area contributed by atoms with Crippen LogP contribution in [0.3, 0.4) is 0 Å². The van der Waals surface area contributed by atoms with Gasteiger partial charge in [0.15, 0.2) is 17.3 Å². The van der Waals surface area contributed by atoms with Crippen molar-refractivity contribution in [3.63, 3.8) is 0 Å². The fraction of sp³-hybridized carbons (Fsp3) is 0.188. The van der Waals surface area contributed by atoms with Crippen molar-refractivity contribution >= 4 is 33.3 Å². The number of rotatable bonds is 5. The molecule has 0 saturated carbocycles. The summed E-state index contributed by atoms with van der Waals surface area (Å²) in [6, 6.07) is 10.6. The zero-order chi connectivity index (χ0) is 15.4. The summed E-state index contributed by atoms with van der Waals surface area (Å²) in [5.41, 5.74) is 1.47. The molecule has 0 bridgehead atoms. The normalized spacial score (nSPS) is 10.3. The first-order valence-corrected chi connectivity index (χ1v) is 7.41. The Morgan fingerprint density at radius 1 is 1.10 bits per heavy atom. The summed E-state index contributed by atoms with van der Waals surface area (Å²) in [7, 11) is 3.15. The maximum Gasteiger partial charge on any atom is 0.168 e.